The molecule has 14 heteroatoms. The smallest absolute Gasteiger partial charge is 0.338 e. The minimum Gasteiger partial charge on any atom is -0.493 e. The number of esters is 1. The number of carbonyl (C=O) groups is 2. The van der Waals surface area contributed by atoms with Crippen molar-refractivity contribution in [3.8, 4) is 17.2 Å². The van der Waals surface area contributed by atoms with Gasteiger partial charge in [-0.05, 0) is 38.2 Å². The number of ether oxygens (including phenoxy) is 4. The zero-order valence-corrected chi connectivity index (χ0v) is 22.4. The number of nitrogens with one attached hydrogen (secondary N) is 3. The average molecular weight is 558 g/mol. The number of thiocarbonyl (C=S) groups is 1. The molecule has 0 saturated carbocycles. The molecule has 1 atom stereocenters. The van der Waals surface area contributed by atoms with Gasteiger partial charge in [0, 0.05) is 11.3 Å². The van der Waals surface area contributed by atoms with Crippen LogP contribution in [0.4, 0.5) is 5.69 Å². The predicted molar refractivity (Wildman–Crippen MR) is 145 cm³/mol. The first kappa shape index (κ1) is 28.8. The molecular weight excluding hydrogens is 530 g/mol. The van der Waals surface area contributed by atoms with Crippen molar-refractivity contribution in [2.75, 3.05) is 27.4 Å². The molecule has 0 saturated heterocycles. The van der Waals surface area contributed by atoms with Gasteiger partial charge < -0.3 is 29.6 Å². The van der Waals surface area contributed by atoms with E-state index in [4.69, 9.17) is 31.2 Å². The van der Waals surface area contributed by atoms with Crippen LogP contribution in [0.1, 0.15) is 31.0 Å². The first-order chi connectivity index (χ1) is 18.7. The van der Waals surface area contributed by atoms with Gasteiger partial charge in [0.2, 0.25) is 0 Å². The number of hydrazone groups is 1. The number of benzene rings is 2. The Kier molecular flexibility index (Phi) is 9.75. The maximum Gasteiger partial charge on any atom is 0.338 e. The summed E-state index contributed by atoms with van der Waals surface area (Å²) in [7, 11) is 2.75. The summed E-state index contributed by atoms with van der Waals surface area (Å²) in [4.78, 5) is 35.9. The van der Waals surface area contributed by atoms with Crippen LogP contribution in [-0.2, 0) is 14.3 Å². The molecule has 3 rings (SSSR count). The molecule has 2 aromatic rings. The van der Waals surface area contributed by atoms with E-state index in [-0.39, 0.29) is 29.4 Å². The van der Waals surface area contributed by atoms with Crippen LogP contribution in [-0.4, -0.2) is 55.6 Å². The molecule has 0 aliphatic carbocycles. The monoisotopic (exact) mass is 557 g/mol. The Morgan fingerprint density at radius 2 is 1.87 bits per heavy atom. The van der Waals surface area contributed by atoms with E-state index in [0.717, 1.165) is 6.21 Å². The Hall–Kier alpha value is -4.72. The Bertz CT molecular complexity index is 1340. The number of carbonyl (C=O) groups excluding carboxylic acids is 2. The van der Waals surface area contributed by atoms with Crippen LogP contribution in [0.3, 0.4) is 0 Å². The number of nitro groups is 1. The van der Waals surface area contributed by atoms with E-state index >= 15 is 0 Å². The van der Waals surface area contributed by atoms with Crippen molar-refractivity contribution in [1.82, 2.24) is 16.1 Å². The first-order valence-electron chi connectivity index (χ1n) is 11.6. The van der Waals surface area contributed by atoms with E-state index in [1.807, 2.05) is 0 Å². The Balaban J connectivity index is 1.75. The summed E-state index contributed by atoms with van der Waals surface area (Å²) in [6.07, 6.45) is 1.12. The van der Waals surface area contributed by atoms with E-state index in [1.54, 1.807) is 38.1 Å². The zero-order valence-electron chi connectivity index (χ0n) is 21.6. The molecular formula is C25H27N5O8S. The van der Waals surface area contributed by atoms with Crippen molar-refractivity contribution < 1.29 is 33.5 Å². The lowest BCUT2D eigenvalue weighted by Crippen LogP contribution is -2.45. The van der Waals surface area contributed by atoms with Gasteiger partial charge in [-0.2, -0.15) is 5.10 Å². The third kappa shape index (κ3) is 6.98. The van der Waals surface area contributed by atoms with Gasteiger partial charge in [0.25, 0.3) is 11.6 Å². The largest absolute Gasteiger partial charge is 0.493 e. The van der Waals surface area contributed by atoms with E-state index in [0.29, 0.717) is 27.7 Å². The Labute approximate surface area is 229 Å². The minimum atomic E-state index is -0.680. The molecule has 0 fully saturated rings. The SMILES string of the molecule is CCOC(=O)C1=C(C)NC(=S)N[C@@H]1c1ccccc1OCC(=O)NN=Cc1cc(OC)c(OC)cc1[N+](=O)[O-]. The Morgan fingerprint density at radius 3 is 2.54 bits per heavy atom. The van der Waals surface area contributed by atoms with Crippen LogP contribution < -0.4 is 30.3 Å². The standard InChI is InChI=1S/C25H27N5O8S/c1-5-37-24(32)22-14(2)27-25(39)28-23(22)16-8-6-7-9-18(16)38-13-21(31)29-26-12-15-10-19(35-3)20(36-4)11-17(15)30(33)34/h6-12,23H,5,13H2,1-4H3,(H,29,31)(H2,27,28,39)/t23-/m1/s1. The number of rotatable bonds is 11. The van der Waals surface area contributed by atoms with Crippen LogP contribution in [0.25, 0.3) is 0 Å². The average Bonchev–Trinajstić information content (AvgIpc) is 2.91. The number of nitrogens with zero attached hydrogens (tertiary/aromatic N) is 2. The van der Waals surface area contributed by atoms with Crippen LogP contribution >= 0.6 is 12.2 Å². The number of amides is 1. The molecule has 1 aliphatic rings. The van der Waals surface area contributed by atoms with E-state index in [9.17, 15) is 19.7 Å². The predicted octanol–water partition coefficient (Wildman–Crippen LogP) is 2.50. The lowest BCUT2D eigenvalue weighted by Gasteiger charge is -2.30. The fourth-order valence-corrected chi connectivity index (χ4v) is 4.02. The van der Waals surface area contributed by atoms with Crippen LogP contribution in [0.2, 0.25) is 0 Å². The molecule has 0 aromatic heterocycles. The van der Waals surface area contributed by atoms with Gasteiger partial charge in [0.1, 0.15) is 5.75 Å². The number of hydrogen-bond acceptors (Lipinski definition) is 10. The fourth-order valence-electron chi connectivity index (χ4n) is 3.75. The van der Waals surface area contributed by atoms with Crippen LogP contribution in [0, 0.1) is 10.1 Å². The summed E-state index contributed by atoms with van der Waals surface area (Å²) in [5, 5.41) is 21.5. The summed E-state index contributed by atoms with van der Waals surface area (Å²) in [6, 6.07) is 8.73. The molecule has 0 radical (unpaired) electrons. The molecule has 1 amide bonds. The molecule has 0 bridgehead atoms. The summed E-state index contributed by atoms with van der Waals surface area (Å²) in [5.41, 5.74) is 3.49. The zero-order chi connectivity index (χ0) is 28.5. The van der Waals surface area contributed by atoms with Crippen molar-refractivity contribution in [2.45, 2.75) is 19.9 Å². The van der Waals surface area contributed by atoms with Crippen LogP contribution in [0.15, 0.2) is 52.8 Å². The van der Waals surface area contributed by atoms with Gasteiger partial charge in [-0.15, -0.1) is 0 Å². The third-order valence-electron chi connectivity index (χ3n) is 5.48. The van der Waals surface area contributed by atoms with Gasteiger partial charge >= 0.3 is 5.97 Å². The number of methoxy groups -OCH3 is 2. The Morgan fingerprint density at radius 1 is 1.18 bits per heavy atom. The van der Waals surface area contributed by atoms with Gasteiger partial charge in [-0.25, -0.2) is 10.2 Å². The summed E-state index contributed by atoms with van der Waals surface area (Å²) < 4.78 is 21.2. The molecule has 0 spiro atoms. The van der Waals surface area contributed by atoms with Crippen molar-refractivity contribution >= 4 is 41.1 Å². The van der Waals surface area contributed by atoms with Gasteiger partial charge in [-0.3, -0.25) is 14.9 Å². The van der Waals surface area contributed by atoms with E-state index in [2.05, 4.69) is 21.2 Å². The van der Waals surface area contributed by atoms with Crippen molar-refractivity contribution in [2.24, 2.45) is 5.10 Å². The molecule has 2 aromatic carbocycles. The summed E-state index contributed by atoms with van der Waals surface area (Å²) >= 11 is 5.27. The number of para-hydroxylation sites is 1. The van der Waals surface area contributed by atoms with Gasteiger partial charge in [-0.1, -0.05) is 18.2 Å². The highest BCUT2D eigenvalue weighted by Crippen LogP contribution is 2.34. The van der Waals surface area contributed by atoms with Crippen molar-refractivity contribution in [1.29, 1.82) is 0 Å². The molecule has 3 N–H and O–H groups in total. The summed E-state index contributed by atoms with van der Waals surface area (Å²) in [5.74, 6) is -0.390. The van der Waals surface area contributed by atoms with Gasteiger partial charge in [0.15, 0.2) is 23.2 Å². The fraction of sp³-hybridized carbons (Fsp3) is 0.280. The number of hydrogen-bond donors (Lipinski definition) is 3. The lowest BCUT2D eigenvalue weighted by atomic mass is 9.95. The highest BCUT2D eigenvalue weighted by Gasteiger charge is 2.32. The number of nitro benzene ring substituents is 1. The quantitative estimate of drug-likeness (QED) is 0.122. The molecule has 39 heavy (non-hydrogen) atoms. The van der Waals surface area contributed by atoms with Crippen molar-refractivity contribution in [3.63, 3.8) is 0 Å². The second-order valence-electron chi connectivity index (χ2n) is 7.93. The molecule has 1 aliphatic heterocycles. The molecule has 206 valence electrons. The highest BCUT2D eigenvalue weighted by molar-refractivity contribution is 7.80. The molecule has 1 heterocycles. The van der Waals surface area contributed by atoms with Crippen LogP contribution in [0.5, 0.6) is 17.2 Å². The minimum absolute atomic E-state index is 0.0887. The maximum absolute atomic E-state index is 12.7. The highest BCUT2D eigenvalue weighted by atomic mass is 32.1. The lowest BCUT2D eigenvalue weighted by molar-refractivity contribution is -0.385. The number of allylic oxidation sites excluding steroid dienone is 1. The topological polar surface area (TPSA) is 163 Å². The second-order valence-corrected chi connectivity index (χ2v) is 8.34. The normalized spacial score (nSPS) is 14.8. The molecule has 13 nitrogen and oxygen atoms in total. The van der Waals surface area contributed by atoms with E-state index in [1.165, 1.54) is 26.4 Å². The van der Waals surface area contributed by atoms with E-state index < -0.39 is 29.4 Å². The summed E-state index contributed by atoms with van der Waals surface area (Å²) in [6.45, 7) is 3.18. The maximum atomic E-state index is 12.7. The third-order valence-corrected chi connectivity index (χ3v) is 5.70. The van der Waals surface area contributed by atoms with Gasteiger partial charge in [0.05, 0.1) is 55.2 Å². The van der Waals surface area contributed by atoms with Crippen molar-refractivity contribution in [3.05, 3.63) is 68.9 Å². The first-order valence-corrected chi connectivity index (χ1v) is 12.0. The second kappa shape index (κ2) is 13.2. The molecule has 0 unspecified atom stereocenters.